The maximum atomic E-state index is 12.7. The van der Waals surface area contributed by atoms with Crippen molar-refractivity contribution in [1.82, 2.24) is 0 Å². The lowest BCUT2D eigenvalue weighted by molar-refractivity contribution is -0.195. The van der Waals surface area contributed by atoms with Crippen molar-refractivity contribution in [2.24, 2.45) is 28.6 Å². The Labute approximate surface area is 241 Å². The molecule has 1 heterocycles. The van der Waals surface area contributed by atoms with E-state index in [2.05, 4.69) is 19.9 Å². The molecule has 1 N–H and O–H groups in total. The first kappa shape index (κ1) is 28.9. The van der Waals surface area contributed by atoms with Crippen LogP contribution in [0.1, 0.15) is 96.5 Å². The van der Waals surface area contributed by atoms with Gasteiger partial charge in [0, 0.05) is 13.0 Å². The summed E-state index contributed by atoms with van der Waals surface area (Å²) in [6.45, 7) is 7.52. The number of benzene rings is 1. The first-order valence-corrected chi connectivity index (χ1v) is 17.1. The summed E-state index contributed by atoms with van der Waals surface area (Å²) in [6, 6.07) is 6.73. The van der Waals surface area contributed by atoms with E-state index in [9.17, 15) is 13.5 Å². The van der Waals surface area contributed by atoms with Crippen molar-refractivity contribution >= 4 is 10.1 Å². The summed E-state index contributed by atoms with van der Waals surface area (Å²) >= 11 is 0. The molecular formula is C33H48O6S. The van der Waals surface area contributed by atoms with Crippen LogP contribution in [0.15, 0.2) is 40.8 Å². The molecule has 0 bridgehead atoms. The minimum absolute atomic E-state index is 0.0109. The van der Waals surface area contributed by atoms with E-state index < -0.39 is 15.7 Å². The lowest BCUT2D eigenvalue weighted by Crippen LogP contribution is -2.55. The molecule has 40 heavy (non-hydrogen) atoms. The Morgan fingerprint density at radius 3 is 2.52 bits per heavy atom. The monoisotopic (exact) mass is 572 g/mol. The van der Waals surface area contributed by atoms with Gasteiger partial charge in [-0.1, -0.05) is 43.2 Å². The second-order valence-corrected chi connectivity index (χ2v) is 15.5. The number of allylic oxidation sites excluding steroid dienone is 1. The molecule has 5 aliphatic rings. The zero-order valence-corrected chi connectivity index (χ0v) is 25.4. The van der Waals surface area contributed by atoms with Gasteiger partial charge < -0.3 is 14.6 Å². The van der Waals surface area contributed by atoms with Gasteiger partial charge in [-0.25, -0.2) is 0 Å². The molecule has 8 unspecified atom stereocenters. The molecule has 0 amide bonds. The highest BCUT2D eigenvalue weighted by Gasteiger charge is 2.63. The Morgan fingerprint density at radius 1 is 1.00 bits per heavy atom. The summed E-state index contributed by atoms with van der Waals surface area (Å²) in [4.78, 5) is 0.172. The molecule has 7 heteroatoms. The van der Waals surface area contributed by atoms with Crippen LogP contribution in [-0.4, -0.2) is 44.7 Å². The third-order valence-electron chi connectivity index (χ3n) is 11.9. The highest BCUT2D eigenvalue weighted by atomic mass is 32.2. The summed E-state index contributed by atoms with van der Waals surface area (Å²) in [6.07, 6.45) is 14.7. The molecule has 0 aromatic heterocycles. The average molecular weight is 573 g/mol. The van der Waals surface area contributed by atoms with Crippen molar-refractivity contribution < 1.29 is 27.2 Å². The fraction of sp³-hybridized carbons (Fsp3) is 0.758. The van der Waals surface area contributed by atoms with E-state index in [0.29, 0.717) is 24.2 Å². The zero-order valence-electron chi connectivity index (χ0n) is 24.6. The lowest BCUT2D eigenvalue weighted by atomic mass is 9.47. The van der Waals surface area contributed by atoms with Crippen molar-refractivity contribution in [2.75, 3.05) is 13.2 Å². The molecule has 4 aliphatic carbocycles. The summed E-state index contributed by atoms with van der Waals surface area (Å²) < 4.78 is 43.2. The fourth-order valence-electron chi connectivity index (χ4n) is 9.39. The smallest absolute Gasteiger partial charge is 0.296 e. The van der Waals surface area contributed by atoms with Gasteiger partial charge in [-0.2, -0.15) is 8.42 Å². The Bertz CT molecular complexity index is 1200. The second kappa shape index (κ2) is 10.8. The molecule has 6 nitrogen and oxygen atoms in total. The minimum atomic E-state index is -3.84. The molecule has 1 saturated heterocycles. The van der Waals surface area contributed by atoms with Crippen LogP contribution < -0.4 is 0 Å². The third kappa shape index (κ3) is 5.02. The number of aryl methyl sites for hydroxylation is 1. The van der Waals surface area contributed by atoms with E-state index in [0.717, 1.165) is 76.4 Å². The first-order valence-electron chi connectivity index (χ1n) is 15.7. The molecule has 1 aromatic rings. The van der Waals surface area contributed by atoms with E-state index in [1.807, 2.05) is 6.92 Å². The number of aliphatic hydroxyl groups is 1. The Kier molecular flexibility index (Phi) is 7.78. The SMILES string of the molecule is Cc1ccc(S(=O)(=O)OCCC2(O)CCC3C4CC=C5CC(OC6CCCCO6)CCC5(C)C4CCC32C)cc1. The van der Waals surface area contributed by atoms with Crippen LogP contribution in [0.4, 0.5) is 0 Å². The zero-order chi connectivity index (χ0) is 28.2. The van der Waals surface area contributed by atoms with Gasteiger partial charge in [-0.3, -0.25) is 4.18 Å². The molecule has 0 radical (unpaired) electrons. The largest absolute Gasteiger partial charge is 0.389 e. The summed E-state index contributed by atoms with van der Waals surface area (Å²) in [5.74, 6) is 1.65. The van der Waals surface area contributed by atoms with Crippen LogP contribution in [0.3, 0.4) is 0 Å². The fourth-order valence-corrected chi connectivity index (χ4v) is 10.3. The van der Waals surface area contributed by atoms with Gasteiger partial charge in [-0.15, -0.1) is 0 Å². The molecular weight excluding hydrogens is 524 g/mol. The quantitative estimate of drug-likeness (QED) is 0.289. The van der Waals surface area contributed by atoms with Crippen molar-refractivity contribution in [3.63, 3.8) is 0 Å². The molecule has 222 valence electrons. The molecule has 6 rings (SSSR count). The van der Waals surface area contributed by atoms with Crippen LogP contribution in [0.5, 0.6) is 0 Å². The highest BCUT2D eigenvalue weighted by molar-refractivity contribution is 7.86. The highest BCUT2D eigenvalue weighted by Crippen LogP contribution is 2.67. The molecule has 1 aliphatic heterocycles. The summed E-state index contributed by atoms with van der Waals surface area (Å²) in [7, 11) is -3.84. The normalized spacial score (nSPS) is 41.5. The summed E-state index contributed by atoms with van der Waals surface area (Å²) in [5, 5.41) is 12.0. The van der Waals surface area contributed by atoms with Crippen LogP contribution in [-0.2, 0) is 23.8 Å². The second-order valence-electron chi connectivity index (χ2n) is 13.9. The van der Waals surface area contributed by atoms with Crippen molar-refractivity contribution in [3.05, 3.63) is 41.5 Å². The van der Waals surface area contributed by atoms with E-state index in [-0.39, 0.29) is 34.7 Å². The Hall–Kier alpha value is -1.25. The predicted octanol–water partition coefficient (Wildman–Crippen LogP) is 6.70. The van der Waals surface area contributed by atoms with Crippen molar-refractivity contribution in [2.45, 2.75) is 121 Å². The maximum Gasteiger partial charge on any atom is 0.296 e. The van der Waals surface area contributed by atoms with Crippen LogP contribution >= 0.6 is 0 Å². The predicted molar refractivity (Wildman–Crippen MR) is 154 cm³/mol. The standard InChI is InChI=1S/C33H48O6S/c1-23-7-10-26(11-8-23)40(35,36)38-21-19-33(34)18-15-29-27-12-9-24-22-25(39-30-6-4-5-20-37-30)13-16-31(24,2)28(27)14-17-32(29,33)3/h7-11,25,27-30,34H,4-6,12-22H2,1-3H3. The maximum absolute atomic E-state index is 12.7. The number of ether oxygens (including phenoxy) is 2. The molecule has 1 aromatic carbocycles. The van der Waals surface area contributed by atoms with Crippen LogP contribution in [0, 0.1) is 35.5 Å². The van der Waals surface area contributed by atoms with Crippen LogP contribution in [0.25, 0.3) is 0 Å². The molecule has 0 spiro atoms. The molecule has 4 fully saturated rings. The van der Waals surface area contributed by atoms with Gasteiger partial charge >= 0.3 is 0 Å². The average Bonchev–Trinajstić information content (AvgIpc) is 3.20. The Balaban J connectivity index is 1.11. The number of hydrogen-bond donors (Lipinski definition) is 1. The van der Waals surface area contributed by atoms with Crippen LogP contribution in [0.2, 0.25) is 0 Å². The van der Waals surface area contributed by atoms with E-state index in [1.54, 1.807) is 29.8 Å². The van der Waals surface area contributed by atoms with E-state index in [1.165, 1.54) is 6.42 Å². The first-order chi connectivity index (χ1) is 19.0. The van der Waals surface area contributed by atoms with Crippen molar-refractivity contribution in [3.8, 4) is 0 Å². The van der Waals surface area contributed by atoms with Gasteiger partial charge in [0.2, 0.25) is 0 Å². The number of fused-ring (bicyclic) bond motifs is 5. The van der Waals surface area contributed by atoms with Crippen molar-refractivity contribution in [1.29, 1.82) is 0 Å². The Morgan fingerprint density at radius 2 is 1.77 bits per heavy atom. The lowest BCUT2D eigenvalue weighted by Gasteiger charge is -2.59. The van der Waals surface area contributed by atoms with Gasteiger partial charge in [0.25, 0.3) is 10.1 Å². The molecule has 8 atom stereocenters. The van der Waals surface area contributed by atoms with Gasteiger partial charge in [0.1, 0.15) is 0 Å². The van der Waals surface area contributed by atoms with E-state index >= 15 is 0 Å². The third-order valence-corrected chi connectivity index (χ3v) is 13.3. The molecule has 3 saturated carbocycles. The van der Waals surface area contributed by atoms with Gasteiger partial charge in [0.15, 0.2) is 6.29 Å². The minimum Gasteiger partial charge on any atom is -0.389 e. The summed E-state index contributed by atoms with van der Waals surface area (Å²) in [5.41, 5.74) is 1.69. The number of hydrogen-bond acceptors (Lipinski definition) is 6. The topological polar surface area (TPSA) is 82.1 Å². The van der Waals surface area contributed by atoms with Gasteiger partial charge in [-0.05, 0) is 118 Å². The van der Waals surface area contributed by atoms with Gasteiger partial charge in [0.05, 0.1) is 23.2 Å². The number of rotatable bonds is 7. The van der Waals surface area contributed by atoms with E-state index in [4.69, 9.17) is 13.7 Å².